The van der Waals surface area contributed by atoms with Gasteiger partial charge in [-0.3, -0.25) is 4.79 Å². The van der Waals surface area contributed by atoms with Crippen molar-refractivity contribution in [2.75, 3.05) is 0 Å². The maximum atomic E-state index is 14.1. The molecule has 3 aromatic rings. The van der Waals surface area contributed by atoms with Crippen molar-refractivity contribution in [3.8, 4) is 11.3 Å². The molecule has 6 heteroatoms. The molecule has 28 heavy (non-hydrogen) atoms. The van der Waals surface area contributed by atoms with Gasteiger partial charge in [0, 0.05) is 10.9 Å². The van der Waals surface area contributed by atoms with Gasteiger partial charge in [-0.05, 0) is 48.6 Å². The number of primary amides is 1. The van der Waals surface area contributed by atoms with Crippen molar-refractivity contribution in [3.63, 3.8) is 0 Å². The number of carbonyl (C=O) groups excluding carboxylic acids is 1. The number of thiazole rings is 1. The summed E-state index contributed by atoms with van der Waals surface area (Å²) in [6, 6.07) is 10.9. The SMILES string of the molecule is CC(C)Cc1ccc(C(C)(C(N)=O)c2nc(-c3cc(F)ccc3F)cs2)cc1. The zero-order valence-corrected chi connectivity index (χ0v) is 16.8. The third-order valence-electron chi connectivity index (χ3n) is 4.80. The molecular formula is C22H22F2N2OS. The fourth-order valence-electron chi connectivity index (χ4n) is 3.14. The lowest BCUT2D eigenvalue weighted by atomic mass is 9.81. The highest BCUT2D eigenvalue weighted by molar-refractivity contribution is 7.10. The van der Waals surface area contributed by atoms with Crippen LogP contribution in [0.1, 0.15) is 36.9 Å². The Hall–Kier alpha value is -2.60. The highest BCUT2D eigenvalue weighted by atomic mass is 32.1. The minimum atomic E-state index is -1.16. The summed E-state index contributed by atoms with van der Waals surface area (Å²) in [5.41, 5.74) is 6.81. The van der Waals surface area contributed by atoms with Crippen LogP contribution in [0.3, 0.4) is 0 Å². The molecule has 2 N–H and O–H groups in total. The maximum absolute atomic E-state index is 14.1. The van der Waals surface area contributed by atoms with Gasteiger partial charge in [-0.1, -0.05) is 38.1 Å². The van der Waals surface area contributed by atoms with Gasteiger partial charge in [-0.15, -0.1) is 11.3 Å². The predicted octanol–water partition coefficient (Wildman–Crippen LogP) is 5.08. The fraction of sp³-hybridized carbons (Fsp3) is 0.273. The van der Waals surface area contributed by atoms with Crippen LogP contribution >= 0.6 is 11.3 Å². The summed E-state index contributed by atoms with van der Waals surface area (Å²) >= 11 is 1.20. The summed E-state index contributed by atoms with van der Waals surface area (Å²) in [5.74, 6) is -1.15. The van der Waals surface area contributed by atoms with E-state index < -0.39 is 23.0 Å². The van der Waals surface area contributed by atoms with Crippen molar-refractivity contribution >= 4 is 17.2 Å². The summed E-state index contributed by atoms with van der Waals surface area (Å²) in [6.07, 6.45) is 0.938. The number of carbonyl (C=O) groups is 1. The molecule has 0 aliphatic heterocycles. The number of nitrogens with two attached hydrogens (primary N) is 1. The number of nitrogens with zero attached hydrogens (tertiary/aromatic N) is 1. The molecule has 0 saturated carbocycles. The summed E-state index contributed by atoms with van der Waals surface area (Å²) in [7, 11) is 0. The Morgan fingerprint density at radius 1 is 1.18 bits per heavy atom. The monoisotopic (exact) mass is 400 g/mol. The van der Waals surface area contributed by atoms with Gasteiger partial charge in [-0.2, -0.15) is 0 Å². The lowest BCUT2D eigenvalue weighted by Gasteiger charge is -2.24. The molecule has 3 rings (SSSR count). The summed E-state index contributed by atoms with van der Waals surface area (Å²) in [4.78, 5) is 16.8. The standard InChI is InChI=1S/C22H22F2N2OS/c1-13(2)10-14-4-6-15(7-5-14)22(3,20(25)27)21-26-19(12-28-21)17-11-16(23)8-9-18(17)24/h4-9,11-13H,10H2,1-3H3,(H2,25,27). The van der Waals surface area contributed by atoms with E-state index in [1.54, 1.807) is 12.3 Å². The van der Waals surface area contributed by atoms with Crippen molar-refractivity contribution < 1.29 is 13.6 Å². The van der Waals surface area contributed by atoms with Crippen LogP contribution < -0.4 is 5.73 Å². The Kier molecular flexibility index (Phi) is 5.61. The first kappa shape index (κ1) is 20.1. The van der Waals surface area contributed by atoms with E-state index in [0.29, 0.717) is 16.5 Å². The highest BCUT2D eigenvalue weighted by Crippen LogP contribution is 2.36. The number of hydrogen-bond donors (Lipinski definition) is 1. The molecule has 0 bridgehead atoms. The van der Waals surface area contributed by atoms with E-state index in [0.717, 1.165) is 24.6 Å². The van der Waals surface area contributed by atoms with Crippen molar-refractivity contribution in [1.82, 2.24) is 4.98 Å². The van der Waals surface area contributed by atoms with Crippen LogP contribution in [0.4, 0.5) is 8.78 Å². The number of halogens is 2. The molecule has 1 amide bonds. The zero-order valence-electron chi connectivity index (χ0n) is 16.0. The molecule has 3 nitrogen and oxygen atoms in total. The Morgan fingerprint density at radius 3 is 2.46 bits per heavy atom. The van der Waals surface area contributed by atoms with Gasteiger partial charge in [0.05, 0.1) is 5.69 Å². The van der Waals surface area contributed by atoms with Crippen molar-refractivity contribution in [1.29, 1.82) is 0 Å². The average Bonchev–Trinajstić information content (AvgIpc) is 3.13. The largest absolute Gasteiger partial charge is 0.369 e. The molecule has 1 unspecified atom stereocenters. The molecule has 146 valence electrons. The first-order chi connectivity index (χ1) is 13.2. The summed E-state index contributed by atoms with van der Waals surface area (Å²) < 4.78 is 27.6. The number of aromatic nitrogens is 1. The van der Waals surface area contributed by atoms with E-state index in [-0.39, 0.29) is 11.3 Å². The van der Waals surface area contributed by atoms with Gasteiger partial charge in [0.15, 0.2) is 0 Å². The van der Waals surface area contributed by atoms with E-state index in [4.69, 9.17) is 5.73 Å². The van der Waals surface area contributed by atoms with Crippen LogP contribution in [0.2, 0.25) is 0 Å². The van der Waals surface area contributed by atoms with Gasteiger partial charge in [0.1, 0.15) is 22.1 Å². The molecule has 0 fully saturated rings. The molecule has 0 saturated heterocycles. The van der Waals surface area contributed by atoms with Crippen LogP contribution in [0.15, 0.2) is 47.8 Å². The van der Waals surface area contributed by atoms with Gasteiger partial charge in [0.25, 0.3) is 0 Å². The normalized spacial score (nSPS) is 13.5. The maximum Gasteiger partial charge on any atom is 0.234 e. The smallest absolute Gasteiger partial charge is 0.234 e. The second kappa shape index (κ2) is 7.80. The minimum Gasteiger partial charge on any atom is -0.369 e. The van der Waals surface area contributed by atoms with Crippen LogP contribution in [0.5, 0.6) is 0 Å². The first-order valence-electron chi connectivity index (χ1n) is 9.02. The second-order valence-electron chi connectivity index (χ2n) is 7.45. The minimum absolute atomic E-state index is 0.0570. The van der Waals surface area contributed by atoms with Crippen molar-refractivity contribution in [3.05, 3.63) is 75.6 Å². The fourth-order valence-corrected chi connectivity index (χ4v) is 4.15. The third-order valence-corrected chi connectivity index (χ3v) is 5.87. The second-order valence-corrected chi connectivity index (χ2v) is 8.30. The van der Waals surface area contributed by atoms with E-state index in [9.17, 15) is 13.6 Å². The molecule has 2 aromatic carbocycles. The molecule has 1 atom stereocenters. The molecule has 0 aliphatic rings. The first-order valence-corrected chi connectivity index (χ1v) is 9.90. The molecule has 1 heterocycles. The Bertz CT molecular complexity index is 998. The van der Waals surface area contributed by atoms with Crippen LogP contribution in [-0.4, -0.2) is 10.9 Å². The number of amides is 1. The highest BCUT2D eigenvalue weighted by Gasteiger charge is 2.38. The predicted molar refractivity (Wildman–Crippen MR) is 108 cm³/mol. The Labute approximate surface area is 167 Å². The van der Waals surface area contributed by atoms with Crippen molar-refractivity contribution in [2.24, 2.45) is 11.7 Å². The summed E-state index contributed by atoms with van der Waals surface area (Å²) in [6.45, 7) is 5.99. The Balaban J connectivity index is 2.02. The Morgan fingerprint density at radius 2 is 1.86 bits per heavy atom. The third kappa shape index (κ3) is 3.83. The van der Waals surface area contributed by atoms with E-state index in [1.165, 1.54) is 16.9 Å². The molecule has 0 radical (unpaired) electrons. The van der Waals surface area contributed by atoms with E-state index in [2.05, 4.69) is 18.8 Å². The molecular weight excluding hydrogens is 378 g/mol. The quantitative estimate of drug-likeness (QED) is 0.627. The van der Waals surface area contributed by atoms with Gasteiger partial charge >= 0.3 is 0 Å². The van der Waals surface area contributed by atoms with E-state index in [1.807, 2.05) is 24.3 Å². The molecule has 0 spiro atoms. The lowest BCUT2D eigenvalue weighted by Crippen LogP contribution is -2.39. The number of rotatable bonds is 6. The van der Waals surface area contributed by atoms with Crippen molar-refractivity contribution in [2.45, 2.75) is 32.6 Å². The topological polar surface area (TPSA) is 56.0 Å². The van der Waals surface area contributed by atoms with Gasteiger partial charge < -0.3 is 5.73 Å². The van der Waals surface area contributed by atoms with E-state index >= 15 is 0 Å². The van der Waals surface area contributed by atoms with Crippen LogP contribution in [-0.2, 0) is 16.6 Å². The van der Waals surface area contributed by atoms with Crippen LogP contribution in [0.25, 0.3) is 11.3 Å². The van der Waals surface area contributed by atoms with Gasteiger partial charge in [-0.25, -0.2) is 13.8 Å². The molecule has 1 aromatic heterocycles. The number of benzene rings is 2. The zero-order chi connectivity index (χ0) is 20.5. The lowest BCUT2D eigenvalue weighted by molar-refractivity contribution is -0.121. The molecule has 0 aliphatic carbocycles. The van der Waals surface area contributed by atoms with Crippen LogP contribution in [0, 0.1) is 17.6 Å². The number of hydrogen-bond acceptors (Lipinski definition) is 3. The summed E-state index contributed by atoms with van der Waals surface area (Å²) in [5, 5.41) is 2.05. The average molecular weight is 400 g/mol. The van der Waals surface area contributed by atoms with Gasteiger partial charge in [0.2, 0.25) is 5.91 Å².